The summed E-state index contributed by atoms with van der Waals surface area (Å²) in [6.07, 6.45) is 0.564. The fourth-order valence-electron chi connectivity index (χ4n) is 3.76. The largest absolute Gasteiger partial charge is 0.334 e. The molecule has 6 nitrogen and oxygen atoms in total. The zero-order valence-electron chi connectivity index (χ0n) is 19.0. The Bertz CT molecular complexity index is 1240. The number of carbonyl (C=O) groups excluding carboxylic acids is 1. The molecule has 0 radical (unpaired) electrons. The van der Waals surface area contributed by atoms with Crippen LogP contribution < -0.4 is 16.4 Å². The zero-order valence-corrected chi connectivity index (χ0v) is 19.8. The number of H-pyrrole nitrogens is 1. The van der Waals surface area contributed by atoms with Crippen molar-refractivity contribution in [2.75, 3.05) is 0 Å². The van der Waals surface area contributed by atoms with Gasteiger partial charge in [-0.1, -0.05) is 96.0 Å². The van der Waals surface area contributed by atoms with Crippen LogP contribution in [0.2, 0.25) is 5.15 Å². The fraction of sp³-hybridized carbons (Fsp3) is 0.185. The maximum Gasteiger partial charge on any atom is 0.315 e. The van der Waals surface area contributed by atoms with Crippen molar-refractivity contribution in [2.45, 2.75) is 32.5 Å². The first-order valence-corrected chi connectivity index (χ1v) is 11.6. The zero-order chi connectivity index (χ0) is 23.9. The van der Waals surface area contributed by atoms with Crippen LogP contribution in [-0.2, 0) is 19.5 Å². The number of nitrogens with two attached hydrogens (primary N) is 1. The van der Waals surface area contributed by atoms with E-state index in [9.17, 15) is 4.79 Å². The number of hydrogen-bond donors (Lipinski definition) is 4. The summed E-state index contributed by atoms with van der Waals surface area (Å²) < 4.78 is 0. The van der Waals surface area contributed by atoms with Crippen LogP contribution in [0.1, 0.15) is 34.1 Å². The molecule has 0 saturated heterocycles. The Labute approximate surface area is 204 Å². The summed E-state index contributed by atoms with van der Waals surface area (Å²) in [5.41, 5.74) is 11.5. The molecule has 0 aliphatic carbocycles. The molecule has 0 saturated carbocycles. The van der Waals surface area contributed by atoms with Crippen LogP contribution in [0.4, 0.5) is 4.79 Å². The quantitative estimate of drug-likeness (QED) is 0.280. The number of aromatic amines is 1. The van der Waals surface area contributed by atoms with Crippen LogP contribution in [0, 0.1) is 6.92 Å². The Morgan fingerprint density at radius 3 is 2.44 bits per heavy atom. The van der Waals surface area contributed by atoms with E-state index >= 15 is 0 Å². The summed E-state index contributed by atoms with van der Waals surface area (Å²) in [5, 5.41) is 6.43. The minimum atomic E-state index is -0.394. The number of halogens is 1. The molecule has 2 amide bonds. The second-order valence-electron chi connectivity index (χ2n) is 8.24. The maximum absolute atomic E-state index is 12.8. The molecule has 1 aromatic heterocycles. The molecule has 0 unspecified atom stereocenters. The SMILES string of the molecule is Cc1ccc(-c2nc([C@H](Cc3ccccc3)NC(=O)NCc3cccc(CN)c3)[nH]c2Cl)cc1. The van der Waals surface area contributed by atoms with Gasteiger partial charge in [-0.3, -0.25) is 0 Å². The van der Waals surface area contributed by atoms with E-state index in [1.807, 2.05) is 85.8 Å². The predicted octanol–water partition coefficient (Wildman–Crippen LogP) is 5.28. The lowest BCUT2D eigenvalue weighted by Gasteiger charge is -2.18. The second kappa shape index (κ2) is 11.0. The van der Waals surface area contributed by atoms with Crippen molar-refractivity contribution in [3.05, 3.63) is 112 Å². The molecule has 1 atom stereocenters. The van der Waals surface area contributed by atoms with Crippen LogP contribution in [0.5, 0.6) is 0 Å². The molecule has 0 bridgehead atoms. The molecule has 5 N–H and O–H groups in total. The number of urea groups is 1. The number of nitrogens with zero attached hydrogens (tertiary/aromatic N) is 1. The second-order valence-corrected chi connectivity index (χ2v) is 8.62. The monoisotopic (exact) mass is 473 g/mol. The Morgan fingerprint density at radius 2 is 1.71 bits per heavy atom. The van der Waals surface area contributed by atoms with Crippen molar-refractivity contribution in [3.63, 3.8) is 0 Å². The molecule has 4 aromatic rings. The highest BCUT2D eigenvalue weighted by atomic mass is 35.5. The number of amides is 2. The van der Waals surface area contributed by atoms with Crippen LogP contribution in [-0.4, -0.2) is 16.0 Å². The molecular formula is C27H28ClN5O. The number of imidazole rings is 1. The summed E-state index contributed by atoms with van der Waals surface area (Å²) in [6.45, 7) is 2.89. The third-order valence-corrected chi connectivity index (χ3v) is 5.87. The summed E-state index contributed by atoms with van der Waals surface area (Å²) in [6, 6.07) is 25.2. The van der Waals surface area contributed by atoms with Crippen molar-refractivity contribution in [1.82, 2.24) is 20.6 Å². The summed E-state index contributed by atoms with van der Waals surface area (Å²) in [5.74, 6) is 0.602. The predicted molar refractivity (Wildman–Crippen MR) is 136 cm³/mol. The Kier molecular flexibility index (Phi) is 7.62. The van der Waals surface area contributed by atoms with Crippen molar-refractivity contribution >= 4 is 17.6 Å². The van der Waals surface area contributed by atoms with Gasteiger partial charge in [0.2, 0.25) is 0 Å². The lowest BCUT2D eigenvalue weighted by atomic mass is 10.1. The van der Waals surface area contributed by atoms with E-state index in [1.54, 1.807) is 0 Å². The standard InChI is InChI=1S/C27H28ClN5O/c1-18-10-12-22(13-11-18)24-25(28)33-26(32-24)23(15-19-6-3-2-4-7-19)31-27(34)30-17-21-9-5-8-20(14-21)16-29/h2-14,23H,15-17,29H2,1H3,(H,32,33)(H2,30,31,34)/t23-/m0/s1. The normalized spacial score (nSPS) is 11.7. The molecule has 7 heteroatoms. The van der Waals surface area contributed by atoms with Gasteiger partial charge in [0, 0.05) is 18.7 Å². The van der Waals surface area contributed by atoms with Crippen molar-refractivity contribution in [1.29, 1.82) is 0 Å². The van der Waals surface area contributed by atoms with Crippen LogP contribution in [0.25, 0.3) is 11.3 Å². The fourth-order valence-corrected chi connectivity index (χ4v) is 4.01. The van der Waals surface area contributed by atoms with E-state index in [4.69, 9.17) is 22.3 Å². The van der Waals surface area contributed by atoms with Crippen LogP contribution >= 0.6 is 11.6 Å². The first kappa shape index (κ1) is 23.5. The Balaban J connectivity index is 1.53. The van der Waals surface area contributed by atoms with E-state index in [2.05, 4.69) is 15.6 Å². The van der Waals surface area contributed by atoms with Gasteiger partial charge in [0.1, 0.15) is 16.7 Å². The number of benzene rings is 3. The van der Waals surface area contributed by atoms with Crippen LogP contribution in [0.3, 0.4) is 0 Å². The molecule has 4 rings (SSSR count). The molecule has 174 valence electrons. The first-order valence-electron chi connectivity index (χ1n) is 11.2. The van der Waals surface area contributed by atoms with Gasteiger partial charge in [-0.05, 0) is 30.0 Å². The summed E-state index contributed by atoms with van der Waals surface area (Å²) in [7, 11) is 0. The van der Waals surface area contributed by atoms with E-state index < -0.39 is 6.04 Å². The Morgan fingerprint density at radius 1 is 1.00 bits per heavy atom. The van der Waals surface area contributed by atoms with E-state index in [0.717, 1.165) is 27.8 Å². The van der Waals surface area contributed by atoms with Crippen molar-refractivity contribution in [2.24, 2.45) is 5.73 Å². The van der Waals surface area contributed by atoms with E-state index in [-0.39, 0.29) is 6.03 Å². The Hall–Kier alpha value is -3.61. The molecule has 0 spiro atoms. The minimum Gasteiger partial charge on any atom is -0.334 e. The van der Waals surface area contributed by atoms with Gasteiger partial charge < -0.3 is 21.4 Å². The number of carbonyl (C=O) groups is 1. The average Bonchev–Trinajstić information content (AvgIpc) is 3.25. The first-order chi connectivity index (χ1) is 16.5. The average molecular weight is 474 g/mol. The third-order valence-electron chi connectivity index (χ3n) is 5.60. The van der Waals surface area contributed by atoms with Gasteiger partial charge in [0.15, 0.2) is 0 Å². The lowest BCUT2D eigenvalue weighted by Crippen LogP contribution is -2.38. The topological polar surface area (TPSA) is 95.8 Å². The van der Waals surface area contributed by atoms with Gasteiger partial charge in [-0.25, -0.2) is 9.78 Å². The molecule has 0 aliphatic heterocycles. The highest BCUT2D eigenvalue weighted by molar-refractivity contribution is 6.31. The van der Waals surface area contributed by atoms with Gasteiger partial charge in [-0.2, -0.15) is 0 Å². The number of aromatic nitrogens is 2. The van der Waals surface area contributed by atoms with Crippen molar-refractivity contribution < 1.29 is 4.79 Å². The van der Waals surface area contributed by atoms with Gasteiger partial charge in [-0.15, -0.1) is 0 Å². The molecule has 0 aliphatic rings. The maximum atomic E-state index is 12.8. The lowest BCUT2D eigenvalue weighted by molar-refractivity contribution is 0.236. The highest BCUT2D eigenvalue weighted by Gasteiger charge is 2.21. The number of rotatable bonds is 8. The van der Waals surface area contributed by atoms with Crippen LogP contribution in [0.15, 0.2) is 78.9 Å². The molecule has 0 fully saturated rings. The molecule has 3 aromatic carbocycles. The third kappa shape index (κ3) is 6.04. The van der Waals surface area contributed by atoms with Gasteiger partial charge in [0.05, 0.1) is 6.04 Å². The number of aryl methyl sites for hydroxylation is 1. The van der Waals surface area contributed by atoms with E-state index in [1.165, 1.54) is 0 Å². The molecule has 34 heavy (non-hydrogen) atoms. The molecular weight excluding hydrogens is 446 g/mol. The highest BCUT2D eigenvalue weighted by Crippen LogP contribution is 2.28. The number of hydrogen-bond acceptors (Lipinski definition) is 3. The summed E-state index contributed by atoms with van der Waals surface area (Å²) in [4.78, 5) is 20.7. The van der Waals surface area contributed by atoms with Gasteiger partial charge in [0.25, 0.3) is 0 Å². The summed E-state index contributed by atoms with van der Waals surface area (Å²) >= 11 is 6.52. The smallest absolute Gasteiger partial charge is 0.315 e. The van der Waals surface area contributed by atoms with Crippen molar-refractivity contribution in [3.8, 4) is 11.3 Å². The minimum absolute atomic E-state index is 0.288. The molecule has 1 heterocycles. The van der Waals surface area contributed by atoms with E-state index in [0.29, 0.717) is 36.2 Å². The number of nitrogens with one attached hydrogen (secondary N) is 3. The van der Waals surface area contributed by atoms with Gasteiger partial charge >= 0.3 is 6.03 Å².